The van der Waals surface area contributed by atoms with Crippen LogP contribution in [0.3, 0.4) is 0 Å². The van der Waals surface area contributed by atoms with Crippen molar-refractivity contribution in [3.05, 3.63) is 60.2 Å². The molecule has 1 fully saturated rings. The van der Waals surface area contributed by atoms with Crippen LogP contribution in [-0.2, 0) is 26.0 Å². The first-order valence-electron chi connectivity index (χ1n) is 9.95. The van der Waals surface area contributed by atoms with Crippen molar-refractivity contribution in [1.29, 1.82) is 0 Å². The van der Waals surface area contributed by atoms with E-state index in [-0.39, 0.29) is 29.3 Å². The van der Waals surface area contributed by atoms with E-state index in [9.17, 15) is 18.0 Å². The normalized spacial score (nSPS) is 16.6. The molecule has 0 saturated carbocycles. The van der Waals surface area contributed by atoms with E-state index < -0.39 is 10.0 Å². The average molecular weight is 430 g/mol. The smallest absolute Gasteiger partial charge is 0.243 e. The van der Waals surface area contributed by atoms with E-state index in [2.05, 4.69) is 5.32 Å². The Kier molecular flexibility index (Phi) is 6.89. The van der Waals surface area contributed by atoms with Crippen molar-refractivity contribution >= 4 is 27.5 Å². The summed E-state index contributed by atoms with van der Waals surface area (Å²) in [6, 6.07) is 16.0. The molecule has 1 atom stereocenters. The summed E-state index contributed by atoms with van der Waals surface area (Å²) in [6.45, 7) is 1.82. The van der Waals surface area contributed by atoms with Crippen LogP contribution in [0.1, 0.15) is 25.3 Å². The largest absolute Gasteiger partial charge is 0.338 e. The van der Waals surface area contributed by atoms with Crippen molar-refractivity contribution in [2.24, 2.45) is 0 Å². The third-order valence-corrected chi connectivity index (χ3v) is 7.07. The number of benzene rings is 2. The van der Waals surface area contributed by atoms with Crippen LogP contribution < -0.4 is 5.32 Å². The molecule has 30 heavy (non-hydrogen) atoms. The lowest BCUT2D eigenvalue weighted by atomic mass is 10.0. The Bertz CT molecular complexity index is 991. The van der Waals surface area contributed by atoms with E-state index in [1.807, 2.05) is 30.3 Å². The molecule has 0 aromatic heterocycles. The number of nitrogens with zero attached hydrogens (tertiary/aromatic N) is 2. The van der Waals surface area contributed by atoms with Gasteiger partial charge in [-0.3, -0.25) is 9.59 Å². The predicted octanol–water partition coefficient (Wildman–Crippen LogP) is 2.50. The molecule has 1 aliphatic heterocycles. The quantitative estimate of drug-likeness (QED) is 0.733. The van der Waals surface area contributed by atoms with Gasteiger partial charge < -0.3 is 10.2 Å². The Balaban J connectivity index is 1.65. The summed E-state index contributed by atoms with van der Waals surface area (Å²) in [5.74, 6) is -0.418. The van der Waals surface area contributed by atoms with Gasteiger partial charge in [-0.15, -0.1) is 0 Å². The number of hydrogen-bond donors (Lipinski definition) is 1. The number of likely N-dealkylation sites (N-methyl/N-ethyl adjacent to an activating group) is 1. The zero-order valence-corrected chi connectivity index (χ0v) is 18.1. The minimum absolute atomic E-state index is 0.0779. The fourth-order valence-electron chi connectivity index (χ4n) is 3.72. The fraction of sp³-hybridized carbons (Fsp3) is 0.364. The van der Waals surface area contributed by atoms with E-state index in [1.54, 1.807) is 4.90 Å². The van der Waals surface area contributed by atoms with Crippen molar-refractivity contribution in [2.45, 2.75) is 37.1 Å². The van der Waals surface area contributed by atoms with E-state index in [0.717, 1.165) is 23.6 Å². The van der Waals surface area contributed by atoms with Crippen LogP contribution in [0, 0.1) is 0 Å². The van der Waals surface area contributed by atoms with Gasteiger partial charge in [0.25, 0.3) is 0 Å². The highest BCUT2D eigenvalue weighted by atomic mass is 32.2. The number of amides is 2. The van der Waals surface area contributed by atoms with Crippen LogP contribution in [-0.4, -0.2) is 55.6 Å². The number of likely N-dealkylation sites (tertiary alicyclic amines) is 1. The molecule has 3 rings (SSSR count). The van der Waals surface area contributed by atoms with Gasteiger partial charge in [-0.05, 0) is 49.1 Å². The molecule has 2 amide bonds. The molecule has 1 N–H and O–H groups in total. The van der Waals surface area contributed by atoms with E-state index >= 15 is 0 Å². The fourth-order valence-corrected chi connectivity index (χ4v) is 4.84. The summed E-state index contributed by atoms with van der Waals surface area (Å²) in [5.41, 5.74) is 1.68. The zero-order chi connectivity index (χ0) is 21.7. The SMILES string of the molecule is CC(=O)Nc1ccc(S(=O)(=O)N(C)CC(=O)N2CCCC2Cc2ccccc2)cc1. The van der Waals surface area contributed by atoms with Gasteiger partial charge in [0.15, 0.2) is 0 Å². The average Bonchev–Trinajstić information content (AvgIpc) is 3.17. The molecular weight excluding hydrogens is 402 g/mol. The Labute approximate surface area is 177 Å². The molecule has 1 heterocycles. The molecular formula is C22H27N3O4S. The van der Waals surface area contributed by atoms with Crippen LogP contribution in [0.25, 0.3) is 0 Å². The third-order valence-electron chi connectivity index (χ3n) is 5.25. The molecule has 160 valence electrons. The number of rotatable bonds is 7. The second-order valence-electron chi connectivity index (χ2n) is 7.54. The second-order valence-corrected chi connectivity index (χ2v) is 9.58. The molecule has 1 saturated heterocycles. The molecule has 1 aliphatic rings. The number of carbonyl (C=O) groups is 2. The van der Waals surface area contributed by atoms with Gasteiger partial charge in [-0.1, -0.05) is 30.3 Å². The second kappa shape index (κ2) is 9.40. The molecule has 8 heteroatoms. The van der Waals surface area contributed by atoms with Gasteiger partial charge in [0.2, 0.25) is 21.8 Å². The Hall–Kier alpha value is -2.71. The van der Waals surface area contributed by atoms with Crippen LogP contribution in [0.5, 0.6) is 0 Å². The highest BCUT2D eigenvalue weighted by Crippen LogP contribution is 2.23. The van der Waals surface area contributed by atoms with Crippen LogP contribution in [0.4, 0.5) is 5.69 Å². The summed E-state index contributed by atoms with van der Waals surface area (Å²) in [6.07, 6.45) is 2.61. The molecule has 7 nitrogen and oxygen atoms in total. The van der Waals surface area contributed by atoms with Gasteiger partial charge >= 0.3 is 0 Å². The topological polar surface area (TPSA) is 86.8 Å². The molecule has 1 unspecified atom stereocenters. The summed E-state index contributed by atoms with van der Waals surface area (Å²) in [5, 5.41) is 2.60. The maximum atomic E-state index is 12.9. The Morgan fingerprint density at radius 2 is 1.77 bits per heavy atom. The molecule has 0 spiro atoms. The number of hydrogen-bond acceptors (Lipinski definition) is 4. The van der Waals surface area contributed by atoms with Crippen molar-refractivity contribution in [1.82, 2.24) is 9.21 Å². The first-order valence-corrected chi connectivity index (χ1v) is 11.4. The summed E-state index contributed by atoms with van der Waals surface area (Å²) in [7, 11) is -2.40. The van der Waals surface area contributed by atoms with Crippen LogP contribution >= 0.6 is 0 Å². The molecule has 2 aromatic rings. The van der Waals surface area contributed by atoms with Gasteiger partial charge in [0.1, 0.15) is 0 Å². The lowest BCUT2D eigenvalue weighted by Crippen LogP contribution is -2.43. The summed E-state index contributed by atoms with van der Waals surface area (Å²) in [4.78, 5) is 25.9. The minimum atomic E-state index is -3.81. The van der Waals surface area contributed by atoms with E-state index in [1.165, 1.54) is 43.8 Å². The standard InChI is InChI=1S/C22H27N3O4S/c1-17(26)23-19-10-12-21(13-11-19)30(28,29)24(2)16-22(27)25-14-6-9-20(25)15-18-7-4-3-5-8-18/h3-5,7-8,10-13,20H,6,9,14-16H2,1-2H3,(H,23,26). The number of sulfonamides is 1. The van der Waals surface area contributed by atoms with Crippen molar-refractivity contribution in [3.8, 4) is 0 Å². The van der Waals surface area contributed by atoms with Crippen molar-refractivity contribution in [2.75, 3.05) is 25.5 Å². The maximum Gasteiger partial charge on any atom is 0.243 e. The molecule has 2 aromatic carbocycles. The molecule has 0 aliphatic carbocycles. The maximum absolute atomic E-state index is 12.9. The zero-order valence-electron chi connectivity index (χ0n) is 17.2. The number of nitrogens with one attached hydrogen (secondary N) is 1. The number of carbonyl (C=O) groups excluding carboxylic acids is 2. The Morgan fingerprint density at radius 3 is 2.40 bits per heavy atom. The first-order chi connectivity index (χ1) is 14.3. The summed E-state index contributed by atoms with van der Waals surface area (Å²) >= 11 is 0. The van der Waals surface area contributed by atoms with Gasteiger partial charge in [0, 0.05) is 32.2 Å². The van der Waals surface area contributed by atoms with Gasteiger partial charge in [-0.25, -0.2) is 8.42 Å². The first kappa shape index (κ1) is 22.0. The third kappa shape index (κ3) is 5.25. The van der Waals surface area contributed by atoms with Gasteiger partial charge in [0.05, 0.1) is 11.4 Å². The Morgan fingerprint density at radius 1 is 1.10 bits per heavy atom. The van der Waals surface area contributed by atoms with Crippen LogP contribution in [0.2, 0.25) is 0 Å². The van der Waals surface area contributed by atoms with E-state index in [0.29, 0.717) is 12.2 Å². The van der Waals surface area contributed by atoms with Crippen molar-refractivity contribution < 1.29 is 18.0 Å². The predicted molar refractivity (Wildman–Crippen MR) is 115 cm³/mol. The van der Waals surface area contributed by atoms with Gasteiger partial charge in [-0.2, -0.15) is 4.31 Å². The minimum Gasteiger partial charge on any atom is -0.338 e. The monoisotopic (exact) mass is 429 g/mol. The van der Waals surface area contributed by atoms with E-state index in [4.69, 9.17) is 0 Å². The molecule has 0 radical (unpaired) electrons. The summed E-state index contributed by atoms with van der Waals surface area (Å²) < 4.78 is 26.8. The van der Waals surface area contributed by atoms with Crippen molar-refractivity contribution in [3.63, 3.8) is 0 Å². The highest BCUT2D eigenvalue weighted by Gasteiger charge is 2.31. The molecule has 0 bridgehead atoms. The lowest BCUT2D eigenvalue weighted by molar-refractivity contribution is -0.132. The van der Waals surface area contributed by atoms with Crippen LogP contribution in [0.15, 0.2) is 59.5 Å². The lowest BCUT2D eigenvalue weighted by Gasteiger charge is -2.27. The number of anilines is 1. The highest BCUT2D eigenvalue weighted by molar-refractivity contribution is 7.89.